The van der Waals surface area contributed by atoms with E-state index < -0.39 is 5.60 Å². The van der Waals surface area contributed by atoms with Crippen molar-refractivity contribution < 1.29 is 14.6 Å². The number of rotatable bonds is 2. The lowest BCUT2D eigenvalue weighted by Gasteiger charge is -2.27. The second-order valence-corrected chi connectivity index (χ2v) is 6.82. The second kappa shape index (κ2) is 6.06. The highest BCUT2D eigenvalue weighted by Gasteiger charge is 2.35. The molecule has 0 aromatic heterocycles. The Balaban J connectivity index is 2.08. The summed E-state index contributed by atoms with van der Waals surface area (Å²) in [4.78, 5) is 14.0. The highest BCUT2D eigenvalue weighted by molar-refractivity contribution is 5.69. The quantitative estimate of drug-likeness (QED) is 0.909. The molecule has 0 radical (unpaired) electrons. The molecule has 1 aromatic carbocycles. The Kier molecular flexibility index (Phi) is 4.57. The molecule has 0 spiro atoms. The predicted molar refractivity (Wildman–Crippen MR) is 82.1 cm³/mol. The van der Waals surface area contributed by atoms with Crippen molar-refractivity contribution in [3.8, 4) is 0 Å². The van der Waals surface area contributed by atoms with E-state index in [1.54, 1.807) is 0 Å². The minimum atomic E-state index is -0.467. The fraction of sp³-hybridized carbons (Fsp3) is 0.588. The van der Waals surface area contributed by atoms with Crippen LogP contribution in [0.4, 0.5) is 4.79 Å². The molecule has 1 unspecified atom stereocenters. The minimum absolute atomic E-state index is 0.0475. The number of carbonyl (C=O) groups excluding carboxylic acids is 1. The molecule has 2 rings (SSSR count). The lowest BCUT2D eigenvalue weighted by atomic mass is 9.95. The summed E-state index contributed by atoms with van der Waals surface area (Å²) in [6.45, 7) is 8.42. The molecule has 1 saturated heterocycles. The Hall–Kier alpha value is -1.55. The maximum Gasteiger partial charge on any atom is 0.410 e. The van der Waals surface area contributed by atoms with Gasteiger partial charge in [-0.2, -0.15) is 0 Å². The standard InChI is InChI=1S/C17H25NO3/c1-12-8-15(14-7-5-6-13(9-14)11-19)10-18(12)16(20)21-17(2,3)4/h5-7,9,12,15,19H,8,10-11H2,1-4H3/t12?,15-/m1/s1. The number of ether oxygens (including phenoxy) is 1. The number of benzene rings is 1. The smallest absolute Gasteiger partial charge is 0.410 e. The molecular weight excluding hydrogens is 266 g/mol. The lowest BCUT2D eigenvalue weighted by Crippen LogP contribution is -2.38. The number of nitrogens with zero attached hydrogens (tertiary/aromatic N) is 1. The summed E-state index contributed by atoms with van der Waals surface area (Å²) in [6, 6.07) is 8.13. The number of hydrogen-bond donors (Lipinski definition) is 1. The largest absolute Gasteiger partial charge is 0.444 e. The van der Waals surface area contributed by atoms with Gasteiger partial charge in [0.15, 0.2) is 0 Å². The van der Waals surface area contributed by atoms with Crippen LogP contribution in [0, 0.1) is 0 Å². The summed E-state index contributed by atoms with van der Waals surface area (Å²) in [5.74, 6) is 0.305. The fourth-order valence-electron chi connectivity index (χ4n) is 2.79. The van der Waals surface area contributed by atoms with Crippen LogP contribution in [0.1, 0.15) is 51.2 Å². The SMILES string of the molecule is CC1C[C@@H](c2cccc(CO)c2)CN1C(=O)OC(C)(C)C. The van der Waals surface area contributed by atoms with E-state index in [2.05, 4.69) is 13.0 Å². The highest BCUT2D eigenvalue weighted by atomic mass is 16.6. The first-order valence-corrected chi connectivity index (χ1v) is 7.49. The minimum Gasteiger partial charge on any atom is -0.444 e. The maximum absolute atomic E-state index is 12.2. The van der Waals surface area contributed by atoms with Gasteiger partial charge in [0, 0.05) is 18.5 Å². The molecule has 1 amide bonds. The van der Waals surface area contributed by atoms with Gasteiger partial charge in [-0.05, 0) is 45.2 Å². The Labute approximate surface area is 126 Å². The number of amides is 1. The number of aliphatic hydroxyl groups is 1. The van der Waals surface area contributed by atoms with Gasteiger partial charge in [-0.25, -0.2) is 4.79 Å². The third kappa shape index (κ3) is 3.97. The monoisotopic (exact) mass is 291 g/mol. The van der Waals surface area contributed by atoms with Crippen LogP contribution in [0.5, 0.6) is 0 Å². The van der Waals surface area contributed by atoms with Gasteiger partial charge in [-0.15, -0.1) is 0 Å². The average molecular weight is 291 g/mol. The molecule has 1 aliphatic heterocycles. The zero-order chi connectivity index (χ0) is 15.6. The van der Waals surface area contributed by atoms with E-state index in [1.807, 2.05) is 43.9 Å². The van der Waals surface area contributed by atoms with Gasteiger partial charge in [0.2, 0.25) is 0 Å². The number of aliphatic hydroxyl groups excluding tert-OH is 1. The van der Waals surface area contributed by atoms with Gasteiger partial charge < -0.3 is 14.7 Å². The van der Waals surface area contributed by atoms with E-state index >= 15 is 0 Å². The lowest BCUT2D eigenvalue weighted by molar-refractivity contribution is 0.0237. The summed E-state index contributed by atoms with van der Waals surface area (Å²) < 4.78 is 5.47. The van der Waals surface area contributed by atoms with Crippen LogP contribution < -0.4 is 0 Å². The molecule has 0 aliphatic carbocycles. The number of hydrogen-bond acceptors (Lipinski definition) is 3. The summed E-state index contributed by atoms with van der Waals surface area (Å²) in [6.07, 6.45) is 0.685. The molecule has 1 aromatic rings. The maximum atomic E-state index is 12.2. The predicted octanol–water partition coefficient (Wildman–Crippen LogP) is 3.29. The van der Waals surface area contributed by atoms with Gasteiger partial charge in [0.25, 0.3) is 0 Å². The van der Waals surface area contributed by atoms with Gasteiger partial charge in [0.1, 0.15) is 5.60 Å². The third-order valence-electron chi connectivity index (χ3n) is 3.81. The van der Waals surface area contributed by atoms with Crippen molar-refractivity contribution in [2.45, 2.75) is 58.3 Å². The molecule has 1 N–H and O–H groups in total. The van der Waals surface area contributed by atoms with Crippen LogP contribution in [0.2, 0.25) is 0 Å². The summed E-state index contributed by atoms with van der Waals surface area (Å²) in [5, 5.41) is 9.24. The Morgan fingerprint density at radius 1 is 1.43 bits per heavy atom. The van der Waals surface area contributed by atoms with Crippen LogP contribution in [0.25, 0.3) is 0 Å². The molecule has 21 heavy (non-hydrogen) atoms. The summed E-state index contributed by atoms with van der Waals surface area (Å²) >= 11 is 0. The highest BCUT2D eigenvalue weighted by Crippen LogP contribution is 2.32. The molecule has 1 aliphatic rings. The molecular formula is C17H25NO3. The molecule has 4 nitrogen and oxygen atoms in total. The summed E-state index contributed by atoms with van der Waals surface area (Å²) in [7, 11) is 0. The van der Waals surface area contributed by atoms with Crippen molar-refractivity contribution in [1.82, 2.24) is 4.90 Å². The average Bonchev–Trinajstić information content (AvgIpc) is 2.79. The van der Waals surface area contributed by atoms with Crippen LogP contribution in [-0.4, -0.2) is 34.3 Å². The normalized spacial score (nSPS) is 22.4. The van der Waals surface area contributed by atoms with Crippen LogP contribution >= 0.6 is 0 Å². The third-order valence-corrected chi connectivity index (χ3v) is 3.81. The fourth-order valence-corrected chi connectivity index (χ4v) is 2.79. The number of likely N-dealkylation sites (tertiary alicyclic amines) is 1. The Bertz CT molecular complexity index is 507. The van der Waals surface area contributed by atoms with Crippen molar-refractivity contribution in [3.05, 3.63) is 35.4 Å². The zero-order valence-corrected chi connectivity index (χ0v) is 13.3. The zero-order valence-electron chi connectivity index (χ0n) is 13.3. The molecule has 1 heterocycles. The summed E-state index contributed by atoms with van der Waals surface area (Å²) in [5.41, 5.74) is 1.63. The van der Waals surface area contributed by atoms with E-state index in [0.29, 0.717) is 12.5 Å². The van der Waals surface area contributed by atoms with Crippen molar-refractivity contribution in [3.63, 3.8) is 0 Å². The van der Waals surface area contributed by atoms with E-state index in [0.717, 1.165) is 12.0 Å². The number of carbonyl (C=O) groups is 1. The van der Waals surface area contributed by atoms with Gasteiger partial charge in [-0.1, -0.05) is 24.3 Å². The van der Waals surface area contributed by atoms with Crippen molar-refractivity contribution in [2.75, 3.05) is 6.54 Å². The van der Waals surface area contributed by atoms with Gasteiger partial charge in [-0.3, -0.25) is 0 Å². The molecule has 0 bridgehead atoms. The first-order valence-electron chi connectivity index (χ1n) is 7.49. The molecule has 116 valence electrons. The molecule has 4 heteroatoms. The molecule has 0 saturated carbocycles. The van der Waals surface area contributed by atoms with Crippen molar-refractivity contribution in [2.24, 2.45) is 0 Å². The Morgan fingerprint density at radius 3 is 2.76 bits per heavy atom. The molecule has 1 fully saturated rings. The van der Waals surface area contributed by atoms with Crippen LogP contribution in [0.15, 0.2) is 24.3 Å². The van der Waals surface area contributed by atoms with Crippen molar-refractivity contribution in [1.29, 1.82) is 0 Å². The van der Waals surface area contributed by atoms with E-state index in [4.69, 9.17) is 4.74 Å². The van der Waals surface area contributed by atoms with E-state index in [1.165, 1.54) is 5.56 Å². The van der Waals surface area contributed by atoms with Crippen molar-refractivity contribution >= 4 is 6.09 Å². The first kappa shape index (κ1) is 15.8. The van der Waals surface area contributed by atoms with Gasteiger partial charge >= 0.3 is 6.09 Å². The second-order valence-electron chi connectivity index (χ2n) is 6.82. The van der Waals surface area contributed by atoms with E-state index in [9.17, 15) is 9.90 Å². The van der Waals surface area contributed by atoms with E-state index in [-0.39, 0.29) is 18.7 Å². The van der Waals surface area contributed by atoms with Crippen LogP contribution in [0.3, 0.4) is 0 Å². The topological polar surface area (TPSA) is 49.8 Å². The molecule has 2 atom stereocenters. The van der Waals surface area contributed by atoms with Crippen LogP contribution in [-0.2, 0) is 11.3 Å². The Morgan fingerprint density at radius 2 is 2.14 bits per heavy atom. The van der Waals surface area contributed by atoms with Gasteiger partial charge in [0.05, 0.1) is 6.61 Å². The first-order chi connectivity index (χ1) is 9.80.